The van der Waals surface area contributed by atoms with Crippen molar-refractivity contribution in [2.45, 2.75) is 13.8 Å². The molecule has 0 unspecified atom stereocenters. The quantitative estimate of drug-likeness (QED) is 0.595. The molecular weight excluding hydrogens is 378 g/mol. The van der Waals surface area contributed by atoms with Crippen LogP contribution in [0.15, 0.2) is 54.7 Å². The highest BCUT2D eigenvalue weighted by molar-refractivity contribution is 6.30. The summed E-state index contributed by atoms with van der Waals surface area (Å²) in [6.45, 7) is 3.31. The van der Waals surface area contributed by atoms with Gasteiger partial charge in [0.15, 0.2) is 0 Å². The molecule has 28 heavy (non-hydrogen) atoms. The van der Waals surface area contributed by atoms with Crippen LogP contribution in [0, 0.1) is 6.92 Å². The molecule has 1 heterocycles. The molecule has 0 aliphatic carbocycles. The first-order chi connectivity index (χ1) is 13.4. The lowest BCUT2D eigenvalue weighted by atomic mass is 10.2. The average Bonchev–Trinajstić information content (AvgIpc) is 2.65. The van der Waals surface area contributed by atoms with Gasteiger partial charge in [-0.2, -0.15) is 0 Å². The summed E-state index contributed by atoms with van der Waals surface area (Å²) in [7, 11) is 0. The maximum atomic E-state index is 12.5. The van der Waals surface area contributed by atoms with E-state index in [4.69, 9.17) is 11.6 Å². The number of benzene rings is 2. The molecule has 7 nitrogen and oxygen atoms in total. The smallest absolute Gasteiger partial charge is 0.274 e. The Balaban J connectivity index is 1.71. The third-order valence-electron chi connectivity index (χ3n) is 3.79. The first-order valence-corrected chi connectivity index (χ1v) is 8.84. The Hall–Kier alpha value is -3.45. The van der Waals surface area contributed by atoms with Crippen LogP contribution < -0.4 is 16.0 Å². The Morgan fingerprint density at radius 2 is 1.68 bits per heavy atom. The Morgan fingerprint density at radius 3 is 2.36 bits per heavy atom. The predicted octanol–water partition coefficient (Wildman–Crippen LogP) is 4.39. The molecule has 0 saturated heterocycles. The van der Waals surface area contributed by atoms with Crippen molar-refractivity contribution in [3.05, 3.63) is 71.0 Å². The van der Waals surface area contributed by atoms with E-state index in [2.05, 4.69) is 25.9 Å². The fraction of sp³-hybridized carbons (Fsp3) is 0.100. The molecule has 3 N–H and O–H groups in total. The minimum absolute atomic E-state index is 0.140. The van der Waals surface area contributed by atoms with E-state index in [0.29, 0.717) is 16.4 Å². The maximum absolute atomic E-state index is 12.5. The van der Waals surface area contributed by atoms with Crippen molar-refractivity contribution in [2.75, 3.05) is 16.0 Å². The van der Waals surface area contributed by atoms with Gasteiger partial charge in [0, 0.05) is 35.2 Å². The summed E-state index contributed by atoms with van der Waals surface area (Å²) in [5.74, 6) is -0.205. The van der Waals surface area contributed by atoms with Crippen LogP contribution in [0.2, 0.25) is 5.02 Å². The van der Waals surface area contributed by atoms with Gasteiger partial charge in [0.05, 0.1) is 0 Å². The fourth-order valence-corrected chi connectivity index (χ4v) is 2.69. The van der Waals surface area contributed by atoms with Crippen molar-refractivity contribution in [1.29, 1.82) is 0 Å². The number of carbonyl (C=O) groups is 2. The monoisotopic (exact) mass is 395 g/mol. The lowest BCUT2D eigenvalue weighted by Gasteiger charge is -2.10. The molecule has 2 amide bonds. The molecule has 0 radical (unpaired) electrons. The molecule has 1 aromatic heterocycles. The summed E-state index contributed by atoms with van der Waals surface area (Å²) in [6, 6.07) is 13.8. The van der Waals surface area contributed by atoms with Crippen LogP contribution in [0.4, 0.5) is 23.0 Å². The highest BCUT2D eigenvalue weighted by Gasteiger charge is 2.11. The number of aryl methyl sites for hydroxylation is 1. The van der Waals surface area contributed by atoms with Gasteiger partial charge in [-0.3, -0.25) is 9.59 Å². The highest BCUT2D eigenvalue weighted by atomic mass is 35.5. The van der Waals surface area contributed by atoms with Crippen molar-refractivity contribution in [3.63, 3.8) is 0 Å². The third kappa shape index (κ3) is 5.05. The molecule has 2 aromatic carbocycles. The number of anilines is 4. The number of nitrogens with one attached hydrogen (secondary N) is 3. The normalized spacial score (nSPS) is 10.2. The van der Waals surface area contributed by atoms with Gasteiger partial charge in [-0.25, -0.2) is 9.97 Å². The number of rotatable bonds is 5. The molecule has 3 aromatic rings. The number of hydrogen-bond donors (Lipinski definition) is 3. The van der Waals surface area contributed by atoms with Crippen LogP contribution in [0.3, 0.4) is 0 Å². The summed E-state index contributed by atoms with van der Waals surface area (Å²) >= 11 is 5.94. The van der Waals surface area contributed by atoms with E-state index in [-0.39, 0.29) is 23.5 Å². The van der Waals surface area contributed by atoms with E-state index in [0.717, 1.165) is 11.3 Å². The summed E-state index contributed by atoms with van der Waals surface area (Å²) in [4.78, 5) is 32.0. The second-order valence-electron chi connectivity index (χ2n) is 6.06. The summed E-state index contributed by atoms with van der Waals surface area (Å²) in [5, 5.41) is 9.14. The van der Waals surface area contributed by atoms with E-state index in [1.807, 2.05) is 6.92 Å². The number of hydrogen-bond acceptors (Lipinski definition) is 5. The number of aromatic nitrogens is 2. The highest BCUT2D eigenvalue weighted by Crippen LogP contribution is 2.21. The van der Waals surface area contributed by atoms with E-state index in [1.165, 1.54) is 19.2 Å². The Morgan fingerprint density at radius 1 is 0.964 bits per heavy atom. The molecule has 8 heteroatoms. The lowest BCUT2D eigenvalue weighted by Crippen LogP contribution is -2.15. The standard InChI is InChI=1S/C20H18ClN5O2/c1-12-11-14(21)3-8-17(12)25-19(28)18-9-10-22-20(26-18)24-16-6-4-15(5-7-16)23-13(2)27/h3-11H,1-2H3,(H,23,27)(H,25,28)(H,22,24,26). The minimum Gasteiger partial charge on any atom is -0.326 e. The van der Waals surface area contributed by atoms with Gasteiger partial charge < -0.3 is 16.0 Å². The molecule has 0 aliphatic heterocycles. The van der Waals surface area contributed by atoms with Crippen molar-refractivity contribution in [1.82, 2.24) is 9.97 Å². The predicted molar refractivity (Wildman–Crippen MR) is 110 cm³/mol. The molecule has 142 valence electrons. The van der Waals surface area contributed by atoms with Gasteiger partial charge in [0.1, 0.15) is 5.69 Å². The number of halogens is 1. The minimum atomic E-state index is -0.350. The van der Waals surface area contributed by atoms with Gasteiger partial charge in [0.25, 0.3) is 5.91 Å². The Kier molecular flexibility index (Phi) is 5.86. The molecule has 3 rings (SSSR count). The Bertz CT molecular complexity index is 1020. The topological polar surface area (TPSA) is 96.0 Å². The first-order valence-electron chi connectivity index (χ1n) is 8.46. The van der Waals surface area contributed by atoms with E-state index in [1.54, 1.807) is 42.5 Å². The van der Waals surface area contributed by atoms with Crippen LogP contribution in [0.1, 0.15) is 23.0 Å². The lowest BCUT2D eigenvalue weighted by molar-refractivity contribution is -0.114. The first kappa shape index (κ1) is 19.3. The van der Waals surface area contributed by atoms with Crippen LogP contribution in [0.5, 0.6) is 0 Å². The van der Waals surface area contributed by atoms with E-state index < -0.39 is 0 Å². The van der Waals surface area contributed by atoms with E-state index >= 15 is 0 Å². The van der Waals surface area contributed by atoms with Crippen LogP contribution in [0.25, 0.3) is 0 Å². The van der Waals surface area contributed by atoms with Crippen molar-refractivity contribution in [2.24, 2.45) is 0 Å². The zero-order valence-electron chi connectivity index (χ0n) is 15.3. The molecule has 0 saturated carbocycles. The number of carbonyl (C=O) groups excluding carboxylic acids is 2. The fourth-order valence-electron chi connectivity index (χ4n) is 2.47. The third-order valence-corrected chi connectivity index (χ3v) is 4.02. The van der Waals surface area contributed by atoms with Crippen molar-refractivity contribution >= 4 is 46.4 Å². The van der Waals surface area contributed by atoms with Gasteiger partial charge >= 0.3 is 0 Å². The number of nitrogens with zero attached hydrogens (tertiary/aromatic N) is 2. The van der Waals surface area contributed by atoms with E-state index in [9.17, 15) is 9.59 Å². The van der Waals surface area contributed by atoms with Crippen LogP contribution in [-0.4, -0.2) is 21.8 Å². The van der Waals surface area contributed by atoms with Gasteiger partial charge in [-0.1, -0.05) is 11.6 Å². The van der Waals surface area contributed by atoms with Crippen molar-refractivity contribution < 1.29 is 9.59 Å². The van der Waals surface area contributed by atoms with Gasteiger partial charge in [-0.15, -0.1) is 0 Å². The Labute approximate surface area is 167 Å². The molecule has 0 spiro atoms. The molecule has 0 bridgehead atoms. The molecule has 0 aliphatic rings. The summed E-state index contributed by atoms with van der Waals surface area (Å²) in [5.41, 5.74) is 3.15. The maximum Gasteiger partial charge on any atom is 0.274 e. The average molecular weight is 396 g/mol. The molecule has 0 atom stereocenters. The number of amides is 2. The zero-order chi connectivity index (χ0) is 20.1. The molecular formula is C20H18ClN5O2. The second kappa shape index (κ2) is 8.49. The summed E-state index contributed by atoms with van der Waals surface area (Å²) in [6.07, 6.45) is 1.50. The molecule has 0 fully saturated rings. The largest absolute Gasteiger partial charge is 0.326 e. The second-order valence-corrected chi connectivity index (χ2v) is 6.50. The SMILES string of the molecule is CC(=O)Nc1ccc(Nc2nccc(C(=O)Nc3ccc(Cl)cc3C)n2)cc1. The zero-order valence-corrected chi connectivity index (χ0v) is 16.0. The van der Waals surface area contributed by atoms with Crippen molar-refractivity contribution in [3.8, 4) is 0 Å². The van der Waals surface area contributed by atoms with Gasteiger partial charge in [-0.05, 0) is 61.0 Å². The van der Waals surface area contributed by atoms with Gasteiger partial charge in [0.2, 0.25) is 11.9 Å². The van der Waals surface area contributed by atoms with Crippen LogP contribution in [-0.2, 0) is 4.79 Å². The van der Waals surface area contributed by atoms with Crippen LogP contribution >= 0.6 is 11.6 Å². The summed E-state index contributed by atoms with van der Waals surface area (Å²) < 4.78 is 0.